The summed E-state index contributed by atoms with van der Waals surface area (Å²) in [5.41, 5.74) is 1.90. The number of aliphatic hydroxyl groups excluding tert-OH is 1. The summed E-state index contributed by atoms with van der Waals surface area (Å²) < 4.78 is 12.3. The largest absolute Gasteiger partial charge is 0.507 e. The van der Waals surface area contributed by atoms with E-state index in [1.165, 1.54) is 5.56 Å². The van der Waals surface area contributed by atoms with Gasteiger partial charge in [0.25, 0.3) is 0 Å². The fourth-order valence-electron chi connectivity index (χ4n) is 3.86. The number of aromatic hydroxyl groups is 1. The van der Waals surface area contributed by atoms with Crippen LogP contribution in [0.4, 0.5) is 0 Å². The Balaban J connectivity index is 1.78. The quantitative estimate of drug-likeness (QED) is 0.726. The second-order valence-electron chi connectivity index (χ2n) is 7.48. The van der Waals surface area contributed by atoms with Crippen LogP contribution in [0.5, 0.6) is 5.75 Å². The van der Waals surface area contributed by atoms with Crippen molar-refractivity contribution in [1.29, 1.82) is 0 Å². The van der Waals surface area contributed by atoms with Crippen LogP contribution in [-0.2, 0) is 9.47 Å². The van der Waals surface area contributed by atoms with Gasteiger partial charge in [0.05, 0.1) is 18.3 Å². The Bertz CT molecular complexity index is 701. The first-order valence-electron chi connectivity index (χ1n) is 9.88. The van der Waals surface area contributed by atoms with Crippen LogP contribution in [0.15, 0.2) is 54.6 Å². The van der Waals surface area contributed by atoms with Gasteiger partial charge in [-0.2, -0.15) is 0 Å². The van der Waals surface area contributed by atoms with E-state index in [-0.39, 0.29) is 30.0 Å². The lowest BCUT2D eigenvalue weighted by Crippen LogP contribution is -2.34. The Hall–Kier alpha value is -1.88. The van der Waals surface area contributed by atoms with Crippen molar-refractivity contribution in [3.8, 4) is 5.75 Å². The van der Waals surface area contributed by atoms with Gasteiger partial charge in [-0.3, -0.25) is 0 Å². The minimum atomic E-state index is -0.558. The maximum atomic E-state index is 10.2. The molecule has 1 saturated heterocycles. The Kier molecular flexibility index (Phi) is 6.89. The van der Waals surface area contributed by atoms with Gasteiger partial charge in [0, 0.05) is 12.0 Å². The first-order valence-corrected chi connectivity index (χ1v) is 9.88. The Morgan fingerprint density at radius 1 is 1.00 bits per heavy atom. The second kappa shape index (κ2) is 9.36. The van der Waals surface area contributed by atoms with Crippen molar-refractivity contribution in [3.05, 3.63) is 65.7 Å². The molecule has 0 bridgehead atoms. The molecule has 0 spiro atoms. The van der Waals surface area contributed by atoms with Crippen LogP contribution in [0.1, 0.15) is 62.9 Å². The molecule has 1 aliphatic rings. The third-order valence-corrected chi connectivity index (χ3v) is 5.25. The molecule has 1 fully saturated rings. The van der Waals surface area contributed by atoms with Crippen LogP contribution >= 0.6 is 0 Å². The molecular weight excluding hydrogens is 340 g/mol. The van der Waals surface area contributed by atoms with Crippen LogP contribution in [0, 0.1) is 0 Å². The normalized spacial score (nSPS) is 25.1. The van der Waals surface area contributed by atoms with Crippen LogP contribution < -0.4 is 0 Å². The third-order valence-electron chi connectivity index (χ3n) is 5.25. The van der Waals surface area contributed by atoms with Crippen molar-refractivity contribution in [2.75, 3.05) is 0 Å². The molecule has 2 aromatic carbocycles. The first-order chi connectivity index (χ1) is 13.1. The minimum Gasteiger partial charge on any atom is -0.507 e. The molecule has 0 aromatic heterocycles. The van der Waals surface area contributed by atoms with E-state index in [4.69, 9.17) is 9.47 Å². The molecule has 146 valence electrons. The van der Waals surface area contributed by atoms with E-state index >= 15 is 0 Å². The Labute approximate surface area is 161 Å². The number of phenolic OH excluding ortho intramolecular Hbond substituents is 1. The van der Waals surface area contributed by atoms with Gasteiger partial charge in [-0.25, -0.2) is 0 Å². The molecule has 0 saturated carbocycles. The van der Waals surface area contributed by atoms with Gasteiger partial charge in [-0.1, -0.05) is 55.5 Å². The lowest BCUT2D eigenvalue weighted by Gasteiger charge is -2.37. The van der Waals surface area contributed by atoms with Crippen LogP contribution in [0.3, 0.4) is 0 Å². The van der Waals surface area contributed by atoms with E-state index in [0.717, 1.165) is 19.3 Å². The van der Waals surface area contributed by atoms with Gasteiger partial charge in [0.1, 0.15) is 5.75 Å². The number of phenols is 1. The molecular formula is C23H30O4. The number of aliphatic hydroxyl groups is 1. The average Bonchev–Trinajstić information content (AvgIpc) is 2.68. The highest BCUT2D eigenvalue weighted by Crippen LogP contribution is 2.38. The molecule has 3 rings (SSSR count). The maximum absolute atomic E-state index is 10.2. The van der Waals surface area contributed by atoms with Crippen LogP contribution in [0.2, 0.25) is 0 Å². The summed E-state index contributed by atoms with van der Waals surface area (Å²) in [6.07, 6.45) is 2.42. The molecule has 0 radical (unpaired) electrons. The lowest BCUT2D eigenvalue weighted by molar-refractivity contribution is -0.250. The predicted octanol–water partition coefficient (Wildman–Crippen LogP) is 4.92. The van der Waals surface area contributed by atoms with Gasteiger partial charge in [-0.05, 0) is 43.7 Å². The van der Waals surface area contributed by atoms with Crippen LogP contribution in [-0.4, -0.2) is 28.5 Å². The van der Waals surface area contributed by atoms with Gasteiger partial charge in [0.15, 0.2) is 6.29 Å². The number of hydrogen-bond donors (Lipinski definition) is 2. The zero-order valence-corrected chi connectivity index (χ0v) is 16.1. The van der Waals surface area contributed by atoms with Crippen molar-refractivity contribution < 1.29 is 19.7 Å². The maximum Gasteiger partial charge on any atom is 0.188 e. The summed E-state index contributed by atoms with van der Waals surface area (Å²) in [5.74, 6) is 0.415. The van der Waals surface area contributed by atoms with Gasteiger partial charge >= 0.3 is 0 Å². The number of ether oxygens (including phenoxy) is 2. The Morgan fingerprint density at radius 2 is 1.67 bits per heavy atom. The van der Waals surface area contributed by atoms with Gasteiger partial charge < -0.3 is 19.7 Å². The summed E-state index contributed by atoms with van der Waals surface area (Å²) in [5, 5.41) is 20.2. The molecule has 4 unspecified atom stereocenters. The van der Waals surface area contributed by atoms with E-state index in [9.17, 15) is 10.2 Å². The van der Waals surface area contributed by atoms with E-state index in [1.54, 1.807) is 12.1 Å². The highest BCUT2D eigenvalue weighted by Gasteiger charge is 2.33. The molecule has 4 nitrogen and oxygen atoms in total. The second-order valence-corrected chi connectivity index (χ2v) is 7.48. The topological polar surface area (TPSA) is 58.9 Å². The summed E-state index contributed by atoms with van der Waals surface area (Å²) in [7, 11) is 0. The predicted molar refractivity (Wildman–Crippen MR) is 106 cm³/mol. The van der Waals surface area contributed by atoms with E-state index in [0.29, 0.717) is 12.0 Å². The highest BCUT2D eigenvalue weighted by atomic mass is 16.7. The molecule has 1 aliphatic heterocycles. The van der Waals surface area contributed by atoms with Gasteiger partial charge in [0.2, 0.25) is 0 Å². The zero-order chi connectivity index (χ0) is 19.2. The van der Waals surface area contributed by atoms with E-state index in [2.05, 4.69) is 19.1 Å². The van der Waals surface area contributed by atoms with Crippen LogP contribution in [0.25, 0.3) is 0 Å². The first kappa shape index (κ1) is 19.9. The molecule has 1 heterocycles. The molecule has 2 aromatic rings. The highest BCUT2D eigenvalue weighted by molar-refractivity contribution is 5.33. The fourth-order valence-corrected chi connectivity index (χ4v) is 3.86. The molecule has 2 N–H and O–H groups in total. The smallest absolute Gasteiger partial charge is 0.188 e. The van der Waals surface area contributed by atoms with Crippen molar-refractivity contribution in [2.24, 2.45) is 0 Å². The van der Waals surface area contributed by atoms with Crippen molar-refractivity contribution in [1.82, 2.24) is 0 Å². The minimum absolute atomic E-state index is 0.0114. The van der Waals surface area contributed by atoms with E-state index in [1.807, 2.05) is 37.3 Å². The number of rotatable bonds is 7. The van der Waals surface area contributed by atoms with Crippen molar-refractivity contribution in [3.63, 3.8) is 0 Å². The lowest BCUT2D eigenvalue weighted by atomic mass is 9.86. The van der Waals surface area contributed by atoms with Crippen molar-refractivity contribution in [2.45, 2.75) is 70.1 Å². The third kappa shape index (κ3) is 5.32. The summed E-state index contributed by atoms with van der Waals surface area (Å²) >= 11 is 0. The SMILES string of the molecule is CCC1CC(CC(C[C@H](C)O)c2ccccc2)OC(c2ccccc2O)O1. The number of benzene rings is 2. The summed E-state index contributed by atoms with van der Waals surface area (Å²) in [6, 6.07) is 17.5. The monoisotopic (exact) mass is 370 g/mol. The standard InChI is InChI=1S/C23H30O4/c1-3-19-15-20(27-23(26-19)21-11-7-8-12-22(21)25)14-18(13-16(2)24)17-9-5-4-6-10-17/h4-12,16,18-20,23-25H,3,13-15H2,1-2H3/t16-,18?,19?,20?,23?/m0/s1. The molecule has 0 amide bonds. The molecule has 27 heavy (non-hydrogen) atoms. The van der Waals surface area contributed by atoms with E-state index < -0.39 is 6.29 Å². The number of para-hydroxylation sites is 1. The fraction of sp³-hybridized carbons (Fsp3) is 0.478. The Morgan fingerprint density at radius 3 is 2.33 bits per heavy atom. The summed E-state index contributed by atoms with van der Waals surface area (Å²) in [4.78, 5) is 0. The zero-order valence-electron chi connectivity index (χ0n) is 16.1. The average molecular weight is 370 g/mol. The molecule has 4 heteroatoms. The summed E-state index contributed by atoms with van der Waals surface area (Å²) in [6.45, 7) is 3.94. The van der Waals surface area contributed by atoms with Gasteiger partial charge in [-0.15, -0.1) is 0 Å². The van der Waals surface area contributed by atoms with Crippen molar-refractivity contribution >= 4 is 0 Å². The molecule has 5 atom stereocenters. The number of hydrogen-bond acceptors (Lipinski definition) is 4. The molecule has 0 aliphatic carbocycles.